The minimum absolute atomic E-state index is 0.0783. The monoisotopic (exact) mass is 278 g/mol. The molecular weight excluding hydrogens is 252 g/mol. The Bertz CT molecular complexity index is 430. The van der Waals surface area contributed by atoms with Crippen molar-refractivity contribution >= 4 is 5.91 Å². The van der Waals surface area contributed by atoms with Crippen molar-refractivity contribution < 1.29 is 9.53 Å². The van der Waals surface area contributed by atoms with Crippen LogP contribution >= 0.6 is 0 Å². The van der Waals surface area contributed by atoms with Crippen molar-refractivity contribution in [1.82, 2.24) is 10.2 Å². The normalized spacial score (nSPS) is 12.6. The molecule has 1 aromatic rings. The fourth-order valence-electron chi connectivity index (χ4n) is 1.86. The van der Waals surface area contributed by atoms with Crippen LogP contribution in [0.2, 0.25) is 0 Å². The molecule has 1 amide bonds. The van der Waals surface area contributed by atoms with Crippen LogP contribution < -0.4 is 10.1 Å². The summed E-state index contributed by atoms with van der Waals surface area (Å²) >= 11 is 0. The van der Waals surface area contributed by atoms with Gasteiger partial charge in [0.2, 0.25) is 0 Å². The van der Waals surface area contributed by atoms with Gasteiger partial charge in [-0.25, -0.2) is 0 Å². The Kier molecular flexibility index (Phi) is 6.52. The van der Waals surface area contributed by atoms with E-state index in [1.807, 2.05) is 43.3 Å². The lowest BCUT2D eigenvalue weighted by Crippen LogP contribution is -2.39. The Morgan fingerprint density at radius 3 is 2.50 bits per heavy atom. The summed E-state index contributed by atoms with van der Waals surface area (Å²) in [6, 6.07) is 7.87. The highest BCUT2D eigenvalue weighted by molar-refractivity contribution is 5.80. The fraction of sp³-hybridized carbons (Fsp3) is 0.562. The number of para-hydroxylation sites is 1. The highest BCUT2D eigenvalue weighted by Gasteiger charge is 2.16. The Balaban J connectivity index is 2.57. The highest BCUT2D eigenvalue weighted by Crippen LogP contribution is 2.26. The molecule has 4 heteroatoms. The largest absolute Gasteiger partial charge is 0.481 e. The number of carbonyl (C=O) groups is 1. The highest BCUT2D eigenvalue weighted by atomic mass is 16.5. The van der Waals surface area contributed by atoms with E-state index in [1.54, 1.807) is 6.92 Å². The van der Waals surface area contributed by atoms with Crippen LogP contribution in [-0.2, 0) is 4.79 Å². The molecule has 0 radical (unpaired) electrons. The summed E-state index contributed by atoms with van der Waals surface area (Å²) < 4.78 is 5.80. The van der Waals surface area contributed by atoms with Gasteiger partial charge in [0.1, 0.15) is 5.75 Å². The smallest absolute Gasteiger partial charge is 0.260 e. The van der Waals surface area contributed by atoms with Gasteiger partial charge in [-0.1, -0.05) is 32.0 Å². The second-order valence-electron chi connectivity index (χ2n) is 5.55. The van der Waals surface area contributed by atoms with Crippen LogP contribution in [0.4, 0.5) is 0 Å². The Morgan fingerprint density at radius 1 is 1.25 bits per heavy atom. The van der Waals surface area contributed by atoms with Crippen LogP contribution in [0.15, 0.2) is 24.3 Å². The summed E-state index contributed by atoms with van der Waals surface area (Å²) in [6.07, 6.45) is -0.489. The number of ether oxygens (including phenoxy) is 1. The molecule has 0 heterocycles. The molecule has 112 valence electrons. The van der Waals surface area contributed by atoms with E-state index in [-0.39, 0.29) is 5.91 Å². The van der Waals surface area contributed by atoms with Gasteiger partial charge in [0.15, 0.2) is 6.10 Å². The van der Waals surface area contributed by atoms with Crippen molar-refractivity contribution in [3.05, 3.63) is 29.8 Å². The molecule has 0 fully saturated rings. The molecule has 0 aliphatic rings. The molecule has 4 nitrogen and oxygen atoms in total. The van der Waals surface area contributed by atoms with Crippen molar-refractivity contribution in [1.29, 1.82) is 0 Å². The number of nitrogens with one attached hydrogen (secondary N) is 1. The zero-order chi connectivity index (χ0) is 15.1. The molecule has 0 bridgehead atoms. The van der Waals surface area contributed by atoms with Crippen LogP contribution in [0.1, 0.15) is 32.3 Å². The first-order valence-corrected chi connectivity index (χ1v) is 7.09. The zero-order valence-electron chi connectivity index (χ0n) is 13.1. The van der Waals surface area contributed by atoms with E-state index in [2.05, 4.69) is 19.2 Å². The predicted molar refractivity (Wildman–Crippen MR) is 82.2 cm³/mol. The number of nitrogens with zero attached hydrogens (tertiary/aromatic N) is 1. The number of hydrogen-bond acceptors (Lipinski definition) is 3. The van der Waals surface area contributed by atoms with Crippen LogP contribution in [0, 0.1) is 0 Å². The van der Waals surface area contributed by atoms with Crippen molar-refractivity contribution in [3.8, 4) is 5.75 Å². The molecule has 1 aromatic carbocycles. The topological polar surface area (TPSA) is 41.6 Å². The first-order chi connectivity index (χ1) is 9.41. The number of benzene rings is 1. The molecule has 0 unspecified atom stereocenters. The van der Waals surface area contributed by atoms with Gasteiger partial charge in [-0.05, 0) is 38.6 Å². The molecule has 1 N–H and O–H groups in total. The fourth-order valence-corrected chi connectivity index (χ4v) is 1.86. The van der Waals surface area contributed by atoms with Crippen LogP contribution in [0.3, 0.4) is 0 Å². The van der Waals surface area contributed by atoms with E-state index in [0.29, 0.717) is 12.5 Å². The van der Waals surface area contributed by atoms with E-state index in [1.165, 1.54) is 0 Å². The maximum Gasteiger partial charge on any atom is 0.260 e. The molecule has 0 saturated carbocycles. The summed E-state index contributed by atoms with van der Waals surface area (Å²) in [5.74, 6) is 1.08. The number of amides is 1. The number of rotatable bonds is 7. The van der Waals surface area contributed by atoms with Gasteiger partial charge in [-0.3, -0.25) is 4.79 Å². The molecular formula is C16H26N2O2. The Hall–Kier alpha value is -1.55. The summed E-state index contributed by atoms with van der Waals surface area (Å²) in [6.45, 7) is 7.46. The van der Waals surface area contributed by atoms with E-state index in [0.717, 1.165) is 17.9 Å². The van der Waals surface area contributed by atoms with Gasteiger partial charge in [-0.2, -0.15) is 0 Å². The van der Waals surface area contributed by atoms with E-state index in [4.69, 9.17) is 4.74 Å². The first kappa shape index (κ1) is 16.5. The van der Waals surface area contributed by atoms with Crippen molar-refractivity contribution in [2.24, 2.45) is 0 Å². The summed E-state index contributed by atoms with van der Waals surface area (Å²) in [5, 5.41) is 2.88. The van der Waals surface area contributed by atoms with Gasteiger partial charge in [0, 0.05) is 13.1 Å². The zero-order valence-corrected chi connectivity index (χ0v) is 13.1. The summed E-state index contributed by atoms with van der Waals surface area (Å²) in [5.41, 5.74) is 1.13. The van der Waals surface area contributed by atoms with Crippen molar-refractivity contribution in [2.45, 2.75) is 32.8 Å². The van der Waals surface area contributed by atoms with E-state index in [9.17, 15) is 4.79 Å². The lowest BCUT2D eigenvalue weighted by molar-refractivity contribution is -0.127. The molecule has 0 saturated heterocycles. The van der Waals surface area contributed by atoms with Crippen LogP contribution in [0.25, 0.3) is 0 Å². The average Bonchev–Trinajstić information content (AvgIpc) is 2.38. The lowest BCUT2D eigenvalue weighted by Gasteiger charge is -2.19. The van der Waals surface area contributed by atoms with Gasteiger partial charge in [0.25, 0.3) is 5.91 Å². The van der Waals surface area contributed by atoms with Gasteiger partial charge >= 0.3 is 0 Å². The number of hydrogen-bond donors (Lipinski definition) is 1. The molecule has 1 atom stereocenters. The van der Waals surface area contributed by atoms with E-state index >= 15 is 0 Å². The van der Waals surface area contributed by atoms with E-state index < -0.39 is 6.10 Å². The summed E-state index contributed by atoms with van der Waals surface area (Å²) in [7, 11) is 3.95. The molecule has 0 aliphatic heterocycles. The summed E-state index contributed by atoms with van der Waals surface area (Å²) in [4.78, 5) is 14.0. The van der Waals surface area contributed by atoms with Crippen molar-refractivity contribution in [2.75, 3.05) is 27.2 Å². The van der Waals surface area contributed by atoms with Crippen LogP contribution in [-0.4, -0.2) is 44.1 Å². The number of carbonyl (C=O) groups excluding carboxylic acids is 1. The molecule has 0 aromatic heterocycles. The third-order valence-corrected chi connectivity index (χ3v) is 3.07. The third-order valence-electron chi connectivity index (χ3n) is 3.07. The Labute approximate surface area is 122 Å². The molecule has 20 heavy (non-hydrogen) atoms. The minimum Gasteiger partial charge on any atom is -0.481 e. The van der Waals surface area contributed by atoms with Crippen molar-refractivity contribution in [3.63, 3.8) is 0 Å². The minimum atomic E-state index is -0.489. The quantitative estimate of drug-likeness (QED) is 0.832. The number of likely N-dealkylation sites (N-methyl/N-ethyl adjacent to an activating group) is 1. The molecule has 0 aliphatic carbocycles. The van der Waals surface area contributed by atoms with Gasteiger partial charge < -0.3 is 15.0 Å². The lowest BCUT2D eigenvalue weighted by atomic mass is 10.0. The van der Waals surface area contributed by atoms with Gasteiger partial charge in [-0.15, -0.1) is 0 Å². The standard InChI is InChI=1S/C16H26N2O2/c1-12(2)14-8-6-7-9-15(14)20-13(3)16(19)17-10-11-18(4)5/h6-9,12-13H,10-11H2,1-5H3,(H,17,19)/t13-/m0/s1. The molecule has 1 rings (SSSR count). The maximum absolute atomic E-state index is 12.0. The molecule has 0 spiro atoms. The maximum atomic E-state index is 12.0. The SMILES string of the molecule is CC(C)c1ccccc1O[C@@H](C)C(=O)NCCN(C)C. The Morgan fingerprint density at radius 2 is 1.90 bits per heavy atom. The predicted octanol–water partition coefficient (Wildman–Crippen LogP) is 2.26. The first-order valence-electron chi connectivity index (χ1n) is 7.09. The average molecular weight is 278 g/mol. The van der Waals surface area contributed by atoms with Crippen LogP contribution in [0.5, 0.6) is 5.75 Å². The second-order valence-corrected chi connectivity index (χ2v) is 5.55. The van der Waals surface area contributed by atoms with Gasteiger partial charge in [0.05, 0.1) is 0 Å². The second kappa shape index (κ2) is 7.90. The third kappa shape index (κ3) is 5.21.